The number of carbonyl (C=O) groups excluding carboxylic acids is 1. The molecule has 2 heterocycles. The largest absolute Gasteiger partial charge is 0.357 e. The Balaban J connectivity index is 0.00000312. The Morgan fingerprint density at radius 2 is 2.00 bits per heavy atom. The lowest BCUT2D eigenvalue weighted by Crippen LogP contribution is -2.51. The number of nitrogens with one attached hydrogen (secondary N) is 3. The molecule has 0 aliphatic carbocycles. The molecule has 2 aliphatic heterocycles. The van der Waals surface area contributed by atoms with Crippen molar-refractivity contribution in [2.45, 2.75) is 38.6 Å². The first kappa shape index (κ1) is 22.4. The fourth-order valence-electron chi connectivity index (χ4n) is 3.01. The first-order chi connectivity index (χ1) is 11.4. The third-order valence-corrected chi connectivity index (χ3v) is 5.80. The van der Waals surface area contributed by atoms with Gasteiger partial charge in [0.05, 0.1) is 6.26 Å². The fourth-order valence-corrected chi connectivity index (χ4v) is 3.89. The van der Waals surface area contributed by atoms with E-state index in [4.69, 9.17) is 0 Å². The number of hydrogen-bond donors (Lipinski definition) is 3. The molecule has 0 aromatic rings. The molecule has 0 aromatic heterocycles. The minimum atomic E-state index is -3.07. The third-order valence-electron chi connectivity index (χ3n) is 4.50. The molecular formula is C15H30IN5O3S. The predicted molar refractivity (Wildman–Crippen MR) is 110 cm³/mol. The number of hydrogen-bond acceptors (Lipinski definition) is 4. The molecule has 2 rings (SSSR count). The van der Waals surface area contributed by atoms with E-state index in [-0.39, 0.29) is 35.9 Å². The number of amides is 1. The van der Waals surface area contributed by atoms with Gasteiger partial charge in [0.25, 0.3) is 0 Å². The van der Waals surface area contributed by atoms with Gasteiger partial charge in [0.1, 0.15) is 0 Å². The highest BCUT2D eigenvalue weighted by Gasteiger charge is 2.25. The average Bonchev–Trinajstić information content (AvgIpc) is 2.54. The van der Waals surface area contributed by atoms with Gasteiger partial charge in [-0.15, -0.1) is 24.0 Å². The van der Waals surface area contributed by atoms with E-state index < -0.39 is 10.0 Å². The van der Waals surface area contributed by atoms with Crippen LogP contribution in [0.1, 0.15) is 32.6 Å². The van der Waals surface area contributed by atoms with Crippen LogP contribution < -0.4 is 16.0 Å². The number of aliphatic imine (C=N–C) groups is 1. The number of carbonyl (C=O) groups is 1. The Labute approximate surface area is 167 Å². The van der Waals surface area contributed by atoms with E-state index in [2.05, 4.69) is 20.9 Å². The molecule has 0 spiro atoms. The maximum atomic E-state index is 11.5. The van der Waals surface area contributed by atoms with E-state index >= 15 is 0 Å². The molecule has 3 N–H and O–H groups in total. The zero-order valence-corrected chi connectivity index (χ0v) is 18.1. The van der Waals surface area contributed by atoms with Crippen LogP contribution in [-0.4, -0.2) is 69.6 Å². The molecule has 10 heteroatoms. The SMILES string of the molecule is CCNC(=NCC1CCN(S(C)(=O)=O)CC1)NC1CCC(=O)NC1.I. The van der Waals surface area contributed by atoms with Gasteiger partial charge < -0.3 is 16.0 Å². The van der Waals surface area contributed by atoms with Crippen LogP contribution in [0.4, 0.5) is 0 Å². The maximum absolute atomic E-state index is 11.5. The van der Waals surface area contributed by atoms with Crippen molar-refractivity contribution in [3.8, 4) is 0 Å². The molecule has 2 saturated heterocycles. The number of nitrogens with zero attached hydrogens (tertiary/aromatic N) is 2. The van der Waals surface area contributed by atoms with E-state index in [1.165, 1.54) is 6.26 Å². The molecule has 2 aliphatic rings. The molecule has 0 aromatic carbocycles. The monoisotopic (exact) mass is 487 g/mol. The van der Waals surface area contributed by atoms with Crippen molar-refractivity contribution in [3.05, 3.63) is 0 Å². The molecule has 0 saturated carbocycles. The molecular weight excluding hydrogens is 457 g/mol. The molecule has 0 bridgehead atoms. The molecule has 0 radical (unpaired) electrons. The summed E-state index contributed by atoms with van der Waals surface area (Å²) in [6, 6.07) is 0.201. The summed E-state index contributed by atoms with van der Waals surface area (Å²) in [5, 5.41) is 9.46. The Hall–Kier alpha value is -0.620. The number of piperidine rings is 2. The van der Waals surface area contributed by atoms with Crippen LogP contribution in [0.3, 0.4) is 0 Å². The quantitative estimate of drug-likeness (QED) is 0.290. The lowest BCUT2D eigenvalue weighted by molar-refractivity contribution is -0.122. The Kier molecular flexibility index (Phi) is 9.43. The predicted octanol–water partition coefficient (Wildman–Crippen LogP) is 0.110. The molecule has 2 fully saturated rings. The first-order valence-electron chi connectivity index (χ1n) is 8.65. The minimum Gasteiger partial charge on any atom is -0.357 e. The number of halogens is 1. The van der Waals surface area contributed by atoms with Crippen molar-refractivity contribution in [1.29, 1.82) is 0 Å². The third kappa shape index (κ3) is 7.65. The average molecular weight is 487 g/mol. The van der Waals surface area contributed by atoms with E-state index in [9.17, 15) is 13.2 Å². The van der Waals surface area contributed by atoms with Crippen LogP contribution in [0.15, 0.2) is 4.99 Å². The maximum Gasteiger partial charge on any atom is 0.220 e. The summed E-state index contributed by atoms with van der Waals surface area (Å²) in [6.45, 7) is 5.26. The second-order valence-corrected chi connectivity index (χ2v) is 8.49. The first-order valence-corrected chi connectivity index (χ1v) is 10.5. The molecule has 146 valence electrons. The van der Waals surface area contributed by atoms with Crippen LogP contribution in [-0.2, 0) is 14.8 Å². The van der Waals surface area contributed by atoms with Gasteiger partial charge in [-0.1, -0.05) is 0 Å². The van der Waals surface area contributed by atoms with E-state index in [1.807, 2.05) is 6.92 Å². The lowest BCUT2D eigenvalue weighted by atomic mass is 9.98. The van der Waals surface area contributed by atoms with Crippen LogP contribution in [0.2, 0.25) is 0 Å². The molecule has 1 atom stereocenters. The van der Waals surface area contributed by atoms with Crippen LogP contribution in [0, 0.1) is 5.92 Å². The van der Waals surface area contributed by atoms with Crippen molar-refractivity contribution in [3.63, 3.8) is 0 Å². The smallest absolute Gasteiger partial charge is 0.220 e. The second kappa shape index (κ2) is 10.5. The zero-order valence-electron chi connectivity index (χ0n) is 15.0. The summed E-state index contributed by atoms with van der Waals surface area (Å²) in [5.41, 5.74) is 0. The summed E-state index contributed by atoms with van der Waals surface area (Å²) in [7, 11) is -3.07. The van der Waals surface area contributed by atoms with Crippen molar-refractivity contribution in [2.75, 3.05) is 39.0 Å². The fraction of sp³-hybridized carbons (Fsp3) is 0.867. The highest BCUT2D eigenvalue weighted by Crippen LogP contribution is 2.19. The van der Waals surface area contributed by atoms with E-state index in [1.54, 1.807) is 4.31 Å². The molecule has 25 heavy (non-hydrogen) atoms. The molecule has 8 nitrogen and oxygen atoms in total. The zero-order chi connectivity index (χ0) is 17.6. The van der Waals surface area contributed by atoms with E-state index in [0.717, 1.165) is 31.8 Å². The highest BCUT2D eigenvalue weighted by atomic mass is 127. The molecule has 1 unspecified atom stereocenters. The Morgan fingerprint density at radius 3 is 2.52 bits per heavy atom. The van der Waals surface area contributed by atoms with Crippen molar-refractivity contribution < 1.29 is 13.2 Å². The summed E-state index contributed by atoms with van der Waals surface area (Å²) in [5.74, 6) is 1.28. The topological polar surface area (TPSA) is 103 Å². The standard InChI is InChI=1S/C15H29N5O3S.HI/c1-3-16-15(19-13-4-5-14(21)17-11-13)18-10-12-6-8-20(9-7-12)24(2,22)23;/h12-13H,3-11H2,1-2H3,(H,17,21)(H2,16,18,19);1H. The summed E-state index contributed by atoms with van der Waals surface area (Å²) >= 11 is 0. The highest BCUT2D eigenvalue weighted by molar-refractivity contribution is 14.0. The Bertz CT molecular complexity index is 552. The molecule has 1 amide bonds. The normalized spacial score (nSPS) is 23.5. The number of rotatable bonds is 5. The van der Waals surface area contributed by atoms with Gasteiger partial charge >= 0.3 is 0 Å². The van der Waals surface area contributed by atoms with Gasteiger partial charge in [0, 0.05) is 45.2 Å². The van der Waals surface area contributed by atoms with Crippen LogP contribution >= 0.6 is 24.0 Å². The second-order valence-electron chi connectivity index (χ2n) is 6.51. The van der Waals surface area contributed by atoms with Gasteiger partial charge in [-0.05, 0) is 32.1 Å². The van der Waals surface area contributed by atoms with Crippen molar-refractivity contribution in [1.82, 2.24) is 20.3 Å². The van der Waals surface area contributed by atoms with Crippen molar-refractivity contribution in [2.24, 2.45) is 10.9 Å². The van der Waals surface area contributed by atoms with Gasteiger partial charge in [-0.3, -0.25) is 9.79 Å². The van der Waals surface area contributed by atoms with Gasteiger partial charge in [0.2, 0.25) is 15.9 Å². The summed E-state index contributed by atoms with van der Waals surface area (Å²) in [4.78, 5) is 15.9. The number of sulfonamides is 1. The van der Waals surface area contributed by atoms with E-state index in [0.29, 0.717) is 38.5 Å². The van der Waals surface area contributed by atoms with Crippen molar-refractivity contribution >= 4 is 45.9 Å². The van der Waals surface area contributed by atoms with Gasteiger partial charge in [-0.2, -0.15) is 0 Å². The van der Waals surface area contributed by atoms with Crippen LogP contribution in [0.5, 0.6) is 0 Å². The summed E-state index contributed by atoms with van der Waals surface area (Å²) in [6.07, 6.45) is 4.30. The number of guanidine groups is 1. The minimum absolute atomic E-state index is 0. The Morgan fingerprint density at radius 1 is 1.32 bits per heavy atom. The van der Waals surface area contributed by atoms with Gasteiger partial charge in [-0.25, -0.2) is 12.7 Å². The van der Waals surface area contributed by atoms with Gasteiger partial charge in [0.15, 0.2) is 5.96 Å². The summed E-state index contributed by atoms with van der Waals surface area (Å²) < 4.78 is 24.6. The van der Waals surface area contributed by atoms with Crippen LogP contribution in [0.25, 0.3) is 0 Å². The lowest BCUT2D eigenvalue weighted by Gasteiger charge is -2.30.